The zero-order valence-electron chi connectivity index (χ0n) is 16.3. The molecular weight excluding hydrogens is 354 g/mol. The number of hydrogen-bond donors (Lipinski definition) is 0. The SMILES string of the molecule is COC(=O)CCC(=O)N1CCO[C@H](CC(c2ccccc2)c2ccccc2)C1. The van der Waals surface area contributed by atoms with E-state index < -0.39 is 0 Å². The van der Waals surface area contributed by atoms with Crippen molar-refractivity contribution in [1.29, 1.82) is 0 Å². The molecule has 0 spiro atoms. The van der Waals surface area contributed by atoms with Gasteiger partial charge in [0.2, 0.25) is 5.91 Å². The molecule has 5 heteroatoms. The molecule has 0 radical (unpaired) electrons. The van der Waals surface area contributed by atoms with Crippen molar-refractivity contribution < 1.29 is 19.1 Å². The Morgan fingerprint density at radius 3 is 2.21 bits per heavy atom. The van der Waals surface area contributed by atoms with Gasteiger partial charge in [0.25, 0.3) is 0 Å². The summed E-state index contributed by atoms with van der Waals surface area (Å²) in [5, 5.41) is 0. The van der Waals surface area contributed by atoms with Crippen LogP contribution in [0.3, 0.4) is 0 Å². The smallest absolute Gasteiger partial charge is 0.306 e. The van der Waals surface area contributed by atoms with Crippen LogP contribution < -0.4 is 0 Å². The molecule has 0 aliphatic carbocycles. The fourth-order valence-electron chi connectivity index (χ4n) is 3.66. The summed E-state index contributed by atoms with van der Waals surface area (Å²) in [6.45, 7) is 1.64. The summed E-state index contributed by atoms with van der Waals surface area (Å²) < 4.78 is 10.6. The lowest BCUT2D eigenvalue weighted by atomic mass is 9.86. The Hall–Kier alpha value is -2.66. The van der Waals surface area contributed by atoms with Gasteiger partial charge < -0.3 is 14.4 Å². The monoisotopic (exact) mass is 381 g/mol. The van der Waals surface area contributed by atoms with Gasteiger partial charge in [0, 0.05) is 25.4 Å². The van der Waals surface area contributed by atoms with Gasteiger partial charge in [0.05, 0.1) is 26.2 Å². The number of esters is 1. The number of ether oxygens (including phenoxy) is 2. The molecule has 28 heavy (non-hydrogen) atoms. The van der Waals surface area contributed by atoms with Crippen LogP contribution in [0.15, 0.2) is 60.7 Å². The average Bonchev–Trinajstić information content (AvgIpc) is 2.77. The first kappa shape index (κ1) is 20.1. The number of amides is 1. The van der Waals surface area contributed by atoms with E-state index in [1.165, 1.54) is 18.2 Å². The summed E-state index contributed by atoms with van der Waals surface area (Å²) in [5.41, 5.74) is 2.48. The second-order valence-corrected chi connectivity index (χ2v) is 7.02. The molecule has 2 aromatic carbocycles. The van der Waals surface area contributed by atoms with E-state index in [2.05, 4.69) is 53.3 Å². The standard InChI is InChI=1S/C23H27NO4/c1-27-23(26)13-12-22(25)24-14-15-28-20(17-24)16-21(18-8-4-2-5-9-18)19-10-6-3-7-11-19/h2-11,20-21H,12-17H2,1H3/t20-/m1/s1. The van der Waals surface area contributed by atoms with Gasteiger partial charge >= 0.3 is 5.97 Å². The molecule has 1 aliphatic heterocycles. The molecule has 0 unspecified atom stereocenters. The lowest BCUT2D eigenvalue weighted by Crippen LogP contribution is -2.46. The zero-order chi connectivity index (χ0) is 19.8. The number of carbonyl (C=O) groups excluding carboxylic acids is 2. The Kier molecular flexibility index (Phi) is 7.20. The van der Waals surface area contributed by atoms with Crippen LogP contribution >= 0.6 is 0 Å². The fraction of sp³-hybridized carbons (Fsp3) is 0.391. The molecule has 148 valence electrons. The maximum atomic E-state index is 12.5. The van der Waals surface area contributed by atoms with Crippen LogP contribution in [0.4, 0.5) is 0 Å². The number of nitrogens with zero attached hydrogens (tertiary/aromatic N) is 1. The fourth-order valence-corrected chi connectivity index (χ4v) is 3.66. The van der Waals surface area contributed by atoms with Crippen molar-refractivity contribution >= 4 is 11.9 Å². The van der Waals surface area contributed by atoms with Crippen molar-refractivity contribution in [3.63, 3.8) is 0 Å². The maximum Gasteiger partial charge on any atom is 0.306 e. The van der Waals surface area contributed by atoms with Gasteiger partial charge in [-0.1, -0.05) is 60.7 Å². The molecule has 1 atom stereocenters. The van der Waals surface area contributed by atoms with Gasteiger partial charge in [0.15, 0.2) is 0 Å². The van der Waals surface area contributed by atoms with E-state index in [0.29, 0.717) is 19.7 Å². The van der Waals surface area contributed by atoms with E-state index in [1.807, 2.05) is 17.0 Å². The van der Waals surface area contributed by atoms with Gasteiger partial charge in [0.1, 0.15) is 0 Å². The highest BCUT2D eigenvalue weighted by Crippen LogP contribution is 2.31. The molecular formula is C23H27NO4. The van der Waals surface area contributed by atoms with Crippen molar-refractivity contribution in [2.75, 3.05) is 26.8 Å². The second kappa shape index (κ2) is 10.0. The molecule has 0 bridgehead atoms. The Morgan fingerprint density at radius 2 is 1.64 bits per heavy atom. The molecule has 0 aromatic heterocycles. The summed E-state index contributed by atoms with van der Waals surface area (Å²) >= 11 is 0. The van der Waals surface area contributed by atoms with Crippen molar-refractivity contribution in [3.8, 4) is 0 Å². The number of benzene rings is 2. The Labute approximate surface area is 166 Å². The van der Waals surface area contributed by atoms with Crippen LogP contribution in [0.2, 0.25) is 0 Å². The van der Waals surface area contributed by atoms with Crippen molar-refractivity contribution in [2.45, 2.75) is 31.3 Å². The zero-order valence-corrected chi connectivity index (χ0v) is 16.3. The Morgan fingerprint density at radius 1 is 1.04 bits per heavy atom. The number of rotatable bonds is 7. The van der Waals surface area contributed by atoms with Gasteiger partial charge in [-0.25, -0.2) is 0 Å². The van der Waals surface area contributed by atoms with Crippen LogP contribution in [-0.4, -0.2) is 49.7 Å². The predicted octanol–water partition coefficient (Wildman–Crippen LogP) is 3.39. The molecule has 1 amide bonds. The first-order valence-electron chi connectivity index (χ1n) is 9.73. The van der Waals surface area contributed by atoms with E-state index >= 15 is 0 Å². The molecule has 1 aliphatic rings. The van der Waals surface area contributed by atoms with E-state index in [0.717, 1.165) is 6.42 Å². The van der Waals surface area contributed by atoms with E-state index in [-0.39, 0.29) is 36.7 Å². The van der Waals surface area contributed by atoms with Gasteiger partial charge in [-0.05, 0) is 17.5 Å². The minimum absolute atomic E-state index is 0.0188. The molecule has 0 N–H and O–H groups in total. The quantitative estimate of drug-likeness (QED) is 0.690. The first-order valence-corrected chi connectivity index (χ1v) is 9.73. The van der Waals surface area contributed by atoms with Gasteiger partial charge in [-0.15, -0.1) is 0 Å². The Balaban J connectivity index is 1.67. The van der Waals surface area contributed by atoms with Crippen LogP contribution in [0.1, 0.15) is 36.3 Å². The van der Waals surface area contributed by atoms with E-state index in [1.54, 1.807) is 0 Å². The topological polar surface area (TPSA) is 55.8 Å². The highest BCUT2D eigenvalue weighted by Gasteiger charge is 2.28. The second-order valence-electron chi connectivity index (χ2n) is 7.02. The minimum Gasteiger partial charge on any atom is -0.469 e. The molecule has 0 saturated carbocycles. The normalized spacial score (nSPS) is 16.8. The molecule has 1 saturated heterocycles. The summed E-state index contributed by atoms with van der Waals surface area (Å²) in [5.74, 6) is -0.168. The third kappa shape index (κ3) is 5.42. The van der Waals surface area contributed by atoms with Crippen molar-refractivity contribution in [1.82, 2.24) is 4.90 Å². The molecule has 3 rings (SSSR count). The third-order valence-corrected chi connectivity index (χ3v) is 5.16. The van der Waals surface area contributed by atoms with Crippen molar-refractivity contribution in [2.24, 2.45) is 0 Å². The number of morpholine rings is 1. The summed E-state index contributed by atoms with van der Waals surface area (Å²) in [7, 11) is 1.34. The highest BCUT2D eigenvalue weighted by molar-refractivity contribution is 5.81. The molecule has 1 heterocycles. The van der Waals surface area contributed by atoms with Gasteiger partial charge in [-0.3, -0.25) is 9.59 Å². The largest absolute Gasteiger partial charge is 0.469 e. The lowest BCUT2D eigenvalue weighted by molar-refractivity contribution is -0.146. The first-order chi connectivity index (χ1) is 13.7. The van der Waals surface area contributed by atoms with Crippen LogP contribution in [0, 0.1) is 0 Å². The predicted molar refractivity (Wildman–Crippen MR) is 107 cm³/mol. The summed E-state index contributed by atoms with van der Waals surface area (Å²) in [4.78, 5) is 25.6. The average molecular weight is 381 g/mol. The minimum atomic E-state index is -0.355. The number of methoxy groups -OCH3 is 1. The maximum absolute atomic E-state index is 12.5. The van der Waals surface area contributed by atoms with Crippen LogP contribution in [-0.2, 0) is 19.1 Å². The third-order valence-electron chi connectivity index (χ3n) is 5.16. The lowest BCUT2D eigenvalue weighted by Gasteiger charge is -2.35. The van der Waals surface area contributed by atoms with Crippen LogP contribution in [0.25, 0.3) is 0 Å². The Bertz CT molecular complexity index is 723. The molecule has 1 fully saturated rings. The molecule has 5 nitrogen and oxygen atoms in total. The number of carbonyl (C=O) groups is 2. The number of hydrogen-bond acceptors (Lipinski definition) is 4. The van der Waals surface area contributed by atoms with Crippen molar-refractivity contribution in [3.05, 3.63) is 71.8 Å². The molecule has 2 aromatic rings. The van der Waals surface area contributed by atoms with E-state index in [4.69, 9.17) is 4.74 Å². The summed E-state index contributed by atoms with van der Waals surface area (Å²) in [6, 6.07) is 20.8. The van der Waals surface area contributed by atoms with Gasteiger partial charge in [-0.2, -0.15) is 0 Å². The van der Waals surface area contributed by atoms with Crippen LogP contribution in [0.5, 0.6) is 0 Å². The van der Waals surface area contributed by atoms with E-state index in [9.17, 15) is 9.59 Å². The highest BCUT2D eigenvalue weighted by atomic mass is 16.5. The summed E-state index contributed by atoms with van der Waals surface area (Å²) in [6.07, 6.45) is 1.06.